The lowest BCUT2D eigenvalue weighted by atomic mass is 10.2. The second-order valence-electron chi connectivity index (χ2n) is 4.63. The Morgan fingerprint density at radius 3 is 2.71 bits per heavy atom. The van der Waals surface area contributed by atoms with Crippen LogP contribution in [0.1, 0.15) is 17.9 Å². The van der Waals surface area contributed by atoms with Gasteiger partial charge in [-0.2, -0.15) is 0 Å². The molecule has 0 radical (unpaired) electrons. The highest BCUT2D eigenvalue weighted by molar-refractivity contribution is 5.22. The molecule has 0 saturated heterocycles. The number of aromatic nitrogens is 2. The monoisotopic (exact) mass is 291 g/mol. The highest BCUT2D eigenvalue weighted by atomic mass is 19.1. The number of rotatable bonds is 7. The van der Waals surface area contributed by atoms with Gasteiger partial charge in [-0.25, -0.2) is 9.37 Å². The van der Waals surface area contributed by atoms with Crippen LogP contribution in [0.4, 0.5) is 4.39 Å². The maximum absolute atomic E-state index is 12.8. The van der Waals surface area contributed by atoms with Gasteiger partial charge in [0.05, 0.1) is 6.61 Å². The lowest BCUT2D eigenvalue weighted by Crippen LogP contribution is -2.15. The summed E-state index contributed by atoms with van der Waals surface area (Å²) in [5.41, 5.74) is 6.01. The number of hydrogen-bond acceptors (Lipinski definition) is 4. The topological polar surface area (TPSA) is 81.0 Å². The van der Waals surface area contributed by atoms with E-state index >= 15 is 0 Å². The van der Waals surface area contributed by atoms with Crippen LogP contribution in [0.15, 0.2) is 35.1 Å². The molecule has 0 spiro atoms. The molecule has 0 bridgehead atoms. The number of ether oxygens (including phenoxy) is 1. The number of aromatic amines is 1. The average Bonchev–Trinajstić information content (AvgIpc) is 2.47. The van der Waals surface area contributed by atoms with E-state index < -0.39 is 0 Å². The summed E-state index contributed by atoms with van der Waals surface area (Å²) >= 11 is 0. The van der Waals surface area contributed by atoms with Crippen LogP contribution < -0.4 is 16.0 Å². The summed E-state index contributed by atoms with van der Waals surface area (Å²) in [5.74, 6) is 0.857. The summed E-state index contributed by atoms with van der Waals surface area (Å²) in [6, 6.07) is 7.28. The van der Waals surface area contributed by atoms with Gasteiger partial charge >= 0.3 is 0 Å². The van der Waals surface area contributed by atoms with Gasteiger partial charge in [0, 0.05) is 18.2 Å². The third-order valence-corrected chi connectivity index (χ3v) is 2.90. The molecule has 112 valence electrons. The highest BCUT2D eigenvalue weighted by Gasteiger charge is 2.02. The van der Waals surface area contributed by atoms with E-state index in [9.17, 15) is 9.18 Å². The predicted molar refractivity (Wildman–Crippen MR) is 77.8 cm³/mol. The van der Waals surface area contributed by atoms with Crippen LogP contribution in [0.25, 0.3) is 0 Å². The van der Waals surface area contributed by atoms with Gasteiger partial charge in [0.25, 0.3) is 5.56 Å². The van der Waals surface area contributed by atoms with E-state index in [4.69, 9.17) is 10.5 Å². The molecule has 1 aromatic heterocycles. The molecule has 0 aliphatic carbocycles. The molecule has 3 N–H and O–H groups in total. The number of nitrogens with two attached hydrogens (primary N) is 1. The van der Waals surface area contributed by atoms with Crippen molar-refractivity contribution in [2.24, 2.45) is 5.73 Å². The van der Waals surface area contributed by atoms with Crippen molar-refractivity contribution in [3.8, 4) is 5.75 Å². The zero-order valence-electron chi connectivity index (χ0n) is 11.6. The number of hydrogen-bond donors (Lipinski definition) is 2. The molecule has 0 saturated carbocycles. The Labute approximate surface area is 122 Å². The molecular formula is C15H18FN3O2. The number of H-pyrrole nitrogens is 1. The molecule has 0 aliphatic heterocycles. The first-order valence-corrected chi connectivity index (χ1v) is 6.85. The van der Waals surface area contributed by atoms with Crippen molar-refractivity contribution in [3.63, 3.8) is 0 Å². The average molecular weight is 291 g/mol. The molecule has 2 aromatic rings. The standard InChI is InChI=1S/C15H18FN3O2/c16-11-3-5-13(6-4-11)21-9-7-14-18-12(2-1-8-17)10-15(20)19-14/h3-6,10H,1-2,7-9,17H2,(H,18,19,20). The Morgan fingerprint density at radius 1 is 1.24 bits per heavy atom. The Hall–Kier alpha value is -2.21. The summed E-state index contributed by atoms with van der Waals surface area (Å²) < 4.78 is 18.2. The van der Waals surface area contributed by atoms with Gasteiger partial charge in [0.15, 0.2) is 0 Å². The second kappa shape index (κ2) is 7.54. The Balaban J connectivity index is 1.91. The first-order valence-electron chi connectivity index (χ1n) is 6.85. The van der Waals surface area contributed by atoms with Crippen molar-refractivity contribution in [2.45, 2.75) is 19.3 Å². The quantitative estimate of drug-likeness (QED) is 0.808. The lowest BCUT2D eigenvalue weighted by Gasteiger charge is -2.07. The van der Waals surface area contributed by atoms with Gasteiger partial charge in [-0.1, -0.05) is 0 Å². The molecule has 0 aliphatic rings. The molecular weight excluding hydrogens is 273 g/mol. The molecule has 6 heteroatoms. The Morgan fingerprint density at radius 2 is 2.00 bits per heavy atom. The van der Waals surface area contributed by atoms with Crippen LogP contribution in [0.5, 0.6) is 5.75 Å². The van der Waals surface area contributed by atoms with Crippen LogP contribution in [0, 0.1) is 5.82 Å². The van der Waals surface area contributed by atoms with Gasteiger partial charge in [-0.3, -0.25) is 4.79 Å². The minimum atomic E-state index is -0.305. The minimum absolute atomic E-state index is 0.172. The van der Waals surface area contributed by atoms with Crippen LogP contribution in [-0.2, 0) is 12.8 Å². The van der Waals surface area contributed by atoms with Gasteiger partial charge in [-0.15, -0.1) is 0 Å². The number of nitrogens with zero attached hydrogens (tertiary/aromatic N) is 1. The van der Waals surface area contributed by atoms with E-state index in [-0.39, 0.29) is 11.4 Å². The van der Waals surface area contributed by atoms with Crippen LogP contribution in [-0.4, -0.2) is 23.1 Å². The van der Waals surface area contributed by atoms with Crippen molar-refractivity contribution >= 4 is 0 Å². The number of aryl methyl sites for hydroxylation is 1. The van der Waals surface area contributed by atoms with Crippen molar-refractivity contribution < 1.29 is 9.13 Å². The molecule has 5 nitrogen and oxygen atoms in total. The van der Waals surface area contributed by atoms with Crippen molar-refractivity contribution in [1.29, 1.82) is 0 Å². The second-order valence-corrected chi connectivity index (χ2v) is 4.63. The van der Waals surface area contributed by atoms with Gasteiger partial charge in [0.1, 0.15) is 17.4 Å². The Bertz CT molecular complexity index is 626. The number of benzene rings is 1. The number of nitrogens with one attached hydrogen (secondary N) is 1. The molecule has 1 heterocycles. The van der Waals surface area contributed by atoms with Gasteiger partial charge in [0.2, 0.25) is 0 Å². The summed E-state index contributed by atoms with van der Waals surface area (Å²) in [6.45, 7) is 0.923. The summed E-state index contributed by atoms with van der Waals surface area (Å²) in [5, 5.41) is 0. The van der Waals surface area contributed by atoms with Crippen LogP contribution in [0.2, 0.25) is 0 Å². The van der Waals surface area contributed by atoms with E-state index in [0.717, 1.165) is 12.1 Å². The summed E-state index contributed by atoms with van der Waals surface area (Å²) in [6.07, 6.45) is 1.96. The van der Waals surface area contributed by atoms with E-state index in [1.54, 1.807) is 12.1 Å². The van der Waals surface area contributed by atoms with E-state index in [2.05, 4.69) is 9.97 Å². The maximum Gasteiger partial charge on any atom is 0.251 e. The third kappa shape index (κ3) is 5.00. The predicted octanol–water partition coefficient (Wildman–Crippen LogP) is 1.42. The van der Waals surface area contributed by atoms with Gasteiger partial charge < -0.3 is 15.5 Å². The van der Waals surface area contributed by atoms with E-state index in [1.165, 1.54) is 18.2 Å². The number of halogens is 1. The minimum Gasteiger partial charge on any atom is -0.493 e. The fourth-order valence-electron chi connectivity index (χ4n) is 1.89. The lowest BCUT2D eigenvalue weighted by molar-refractivity contribution is 0.318. The van der Waals surface area contributed by atoms with Crippen molar-refractivity contribution in [3.05, 3.63) is 58.0 Å². The zero-order valence-corrected chi connectivity index (χ0v) is 11.6. The SMILES string of the molecule is NCCCc1cc(=O)[nH]c(CCOc2ccc(F)cc2)n1. The summed E-state index contributed by atoms with van der Waals surface area (Å²) in [4.78, 5) is 18.6. The molecule has 1 aromatic carbocycles. The smallest absolute Gasteiger partial charge is 0.251 e. The molecule has 21 heavy (non-hydrogen) atoms. The van der Waals surface area contributed by atoms with Gasteiger partial charge in [-0.05, 0) is 43.7 Å². The molecule has 0 amide bonds. The largest absolute Gasteiger partial charge is 0.493 e. The first-order chi connectivity index (χ1) is 10.2. The fraction of sp³-hybridized carbons (Fsp3) is 0.333. The van der Waals surface area contributed by atoms with E-state index in [0.29, 0.717) is 37.6 Å². The van der Waals surface area contributed by atoms with Crippen LogP contribution >= 0.6 is 0 Å². The summed E-state index contributed by atoms with van der Waals surface area (Å²) in [7, 11) is 0. The molecule has 0 unspecified atom stereocenters. The zero-order chi connectivity index (χ0) is 15.1. The normalized spacial score (nSPS) is 10.6. The molecule has 2 rings (SSSR count). The maximum atomic E-state index is 12.8. The van der Waals surface area contributed by atoms with Crippen molar-refractivity contribution in [2.75, 3.05) is 13.2 Å². The fourth-order valence-corrected chi connectivity index (χ4v) is 1.89. The molecule has 0 fully saturated rings. The van der Waals surface area contributed by atoms with Crippen LogP contribution in [0.3, 0.4) is 0 Å². The first kappa shape index (κ1) is 15.2. The third-order valence-electron chi connectivity index (χ3n) is 2.90. The molecule has 0 atom stereocenters. The highest BCUT2D eigenvalue weighted by Crippen LogP contribution is 2.11. The van der Waals surface area contributed by atoms with Crippen molar-refractivity contribution in [1.82, 2.24) is 9.97 Å². The Kier molecular flexibility index (Phi) is 5.45. The van der Waals surface area contributed by atoms with E-state index in [1.807, 2.05) is 0 Å².